The number of nitrogens with one attached hydrogen (secondary N) is 3. The van der Waals surface area contributed by atoms with Crippen molar-refractivity contribution in [2.75, 3.05) is 6.54 Å². The van der Waals surface area contributed by atoms with Gasteiger partial charge in [0.1, 0.15) is 6.34 Å². The minimum atomic E-state index is -0.518. The summed E-state index contributed by atoms with van der Waals surface area (Å²) in [5.74, 6) is 0.0958. The van der Waals surface area contributed by atoms with Crippen LogP contribution in [0.15, 0.2) is 10.6 Å². The van der Waals surface area contributed by atoms with Crippen LogP contribution in [0.3, 0.4) is 0 Å². The Balaban J connectivity index is 1.56. The molecule has 0 radical (unpaired) electrons. The summed E-state index contributed by atoms with van der Waals surface area (Å²) in [6.45, 7) is 4.75. The average Bonchev–Trinajstić information content (AvgIpc) is 3.23. The number of amides is 2. The first kappa shape index (κ1) is 25.1. The zero-order chi connectivity index (χ0) is 23.8. The number of thiazole rings is 1. The lowest BCUT2D eigenvalue weighted by Gasteiger charge is -2.31. The van der Waals surface area contributed by atoms with Crippen molar-refractivity contribution in [1.29, 1.82) is 5.41 Å². The predicted octanol–water partition coefficient (Wildman–Crippen LogP) is 3.21. The van der Waals surface area contributed by atoms with E-state index in [1.54, 1.807) is 11.3 Å². The fourth-order valence-electron chi connectivity index (χ4n) is 4.56. The van der Waals surface area contributed by atoms with Crippen molar-refractivity contribution in [3.05, 3.63) is 21.2 Å². The summed E-state index contributed by atoms with van der Waals surface area (Å²) in [5, 5.41) is 13.9. The highest BCUT2D eigenvalue weighted by molar-refractivity contribution is 7.12. The van der Waals surface area contributed by atoms with E-state index >= 15 is 0 Å². The number of nitrogens with two attached hydrogens (primary N) is 1. The molecule has 0 bridgehead atoms. The molecule has 2 amide bonds. The molecule has 8 nitrogen and oxygen atoms in total. The van der Waals surface area contributed by atoms with Crippen molar-refractivity contribution in [3.8, 4) is 0 Å². The second-order valence-electron chi connectivity index (χ2n) is 9.22. The number of rotatable bonds is 9. The van der Waals surface area contributed by atoms with E-state index in [0.717, 1.165) is 55.6 Å². The Kier molecular flexibility index (Phi) is 9.17. The van der Waals surface area contributed by atoms with Gasteiger partial charge >= 0.3 is 0 Å². The number of aryl methyl sites for hydroxylation is 2. The topological polar surface area (TPSA) is 133 Å². The maximum Gasteiger partial charge on any atom is 0.286 e. The molecule has 1 heterocycles. The molecule has 1 fully saturated rings. The van der Waals surface area contributed by atoms with Crippen LogP contribution in [0, 0.1) is 17.2 Å². The summed E-state index contributed by atoms with van der Waals surface area (Å²) in [5.41, 5.74) is 8.19. The number of aliphatic imine (C=N–C) groups is 1. The molecule has 9 heteroatoms. The zero-order valence-corrected chi connectivity index (χ0v) is 20.5. The Morgan fingerprint density at radius 3 is 2.76 bits per heavy atom. The van der Waals surface area contributed by atoms with E-state index < -0.39 is 5.91 Å². The average molecular weight is 473 g/mol. The van der Waals surface area contributed by atoms with E-state index in [0.29, 0.717) is 31.2 Å². The van der Waals surface area contributed by atoms with Crippen molar-refractivity contribution in [3.63, 3.8) is 0 Å². The van der Waals surface area contributed by atoms with Crippen LogP contribution < -0.4 is 16.4 Å². The van der Waals surface area contributed by atoms with Gasteiger partial charge < -0.3 is 16.4 Å². The summed E-state index contributed by atoms with van der Waals surface area (Å²) in [6, 6.07) is -0.143. The quantitative estimate of drug-likeness (QED) is 0.324. The van der Waals surface area contributed by atoms with E-state index in [1.807, 2.05) is 0 Å². The highest BCUT2D eigenvalue weighted by Crippen LogP contribution is 2.32. The Labute approximate surface area is 200 Å². The molecule has 1 atom stereocenters. The molecule has 1 aromatic rings. The Morgan fingerprint density at radius 2 is 2.06 bits per heavy atom. The van der Waals surface area contributed by atoms with Crippen molar-refractivity contribution in [2.45, 2.75) is 77.7 Å². The molecule has 3 rings (SSSR count). The second-order valence-corrected chi connectivity index (χ2v) is 10.3. The predicted molar refractivity (Wildman–Crippen MR) is 133 cm³/mol. The number of carbonyl (C=O) groups is 2. The lowest BCUT2D eigenvalue weighted by atomic mass is 9.83. The van der Waals surface area contributed by atoms with Crippen molar-refractivity contribution in [1.82, 2.24) is 15.6 Å². The molecule has 0 saturated heterocycles. The number of aromatic nitrogens is 1. The van der Waals surface area contributed by atoms with Crippen LogP contribution in [0.5, 0.6) is 0 Å². The monoisotopic (exact) mass is 472 g/mol. The molecule has 33 heavy (non-hydrogen) atoms. The van der Waals surface area contributed by atoms with Gasteiger partial charge in [0.05, 0.1) is 15.6 Å². The number of fused-ring (bicyclic) bond motifs is 1. The lowest BCUT2D eigenvalue weighted by molar-refractivity contribution is -0.122. The first-order valence-corrected chi connectivity index (χ1v) is 12.8. The molecule has 1 unspecified atom stereocenters. The number of hydrogen-bond acceptors (Lipinski definition) is 5. The zero-order valence-electron chi connectivity index (χ0n) is 19.7. The molecule has 5 N–H and O–H groups in total. The summed E-state index contributed by atoms with van der Waals surface area (Å²) < 4.78 is 0. The van der Waals surface area contributed by atoms with Crippen LogP contribution in [0.2, 0.25) is 0 Å². The van der Waals surface area contributed by atoms with Gasteiger partial charge in [-0.1, -0.05) is 38.7 Å². The number of allylic oxidation sites excluding steroid dienone is 1. The fourth-order valence-corrected chi connectivity index (χ4v) is 5.65. The highest BCUT2D eigenvalue weighted by Gasteiger charge is 2.26. The largest absolute Gasteiger partial charge is 0.379 e. The number of amidine groups is 1. The third-order valence-corrected chi connectivity index (χ3v) is 7.63. The first-order valence-electron chi connectivity index (χ1n) is 12.0. The van der Waals surface area contributed by atoms with Crippen molar-refractivity contribution in [2.24, 2.45) is 22.6 Å². The van der Waals surface area contributed by atoms with Gasteiger partial charge in [0.15, 0.2) is 5.84 Å². The number of nitrogens with zero attached hydrogens (tertiary/aromatic N) is 2. The third-order valence-electron chi connectivity index (χ3n) is 6.53. The van der Waals surface area contributed by atoms with E-state index in [-0.39, 0.29) is 17.8 Å². The Bertz CT molecular complexity index is 914. The summed E-state index contributed by atoms with van der Waals surface area (Å²) in [6.07, 6.45) is 11.6. The van der Waals surface area contributed by atoms with Gasteiger partial charge in [0, 0.05) is 25.4 Å². The summed E-state index contributed by atoms with van der Waals surface area (Å²) in [7, 11) is 0. The van der Waals surface area contributed by atoms with Crippen LogP contribution in [0.1, 0.15) is 74.4 Å². The normalized spacial score (nSPS) is 17.8. The van der Waals surface area contributed by atoms with Gasteiger partial charge in [-0.15, -0.1) is 11.3 Å². The van der Waals surface area contributed by atoms with Crippen LogP contribution in [-0.4, -0.2) is 41.6 Å². The maximum atomic E-state index is 12.8. The van der Waals surface area contributed by atoms with E-state index in [2.05, 4.69) is 35.5 Å². The molecule has 0 aromatic carbocycles. The SMILES string of the molecule is CC(C)C1=Cc2sc(CCC(=O)NC(CNC(=O)C(N)=NC=N)C3CCCCC3)nc2CC1. The maximum absolute atomic E-state index is 12.8. The first-order chi connectivity index (χ1) is 15.9. The molecule has 180 valence electrons. The van der Waals surface area contributed by atoms with Gasteiger partial charge in [-0.25, -0.2) is 9.98 Å². The molecule has 1 aromatic heterocycles. The molecule has 2 aliphatic carbocycles. The van der Waals surface area contributed by atoms with E-state index in [1.165, 1.54) is 16.9 Å². The van der Waals surface area contributed by atoms with Crippen LogP contribution in [0.25, 0.3) is 6.08 Å². The third kappa shape index (κ3) is 7.22. The summed E-state index contributed by atoms with van der Waals surface area (Å²) >= 11 is 1.70. The minimum Gasteiger partial charge on any atom is -0.379 e. The minimum absolute atomic E-state index is 0.0208. The molecule has 0 spiro atoms. The fraction of sp³-hybridized carbons (Fsp3) is 0.625. The smallest absolute Gasteiger partial charge is 0.286 e. The van der Waals surface area contributed by atoms with Gasteiger partial charge in [-0.2, -0.15) is 0 Å². The van der Waals surface area contributed by atoms with Gasteiger partial charge in [-0.05, 0) is 43.6 Å². The van der Waals surface area contributed by atoms with Gasteiger partial charge in [0.2, 0.25) is 5.91 Å². The number of hydrogen-bond donors (Lipinski definition) is 4. The Morgan fingerprint density at radius 1 is 1.30 bits per heavy atom. The summed E-state index contributed by atoms with van der Waals surface area (Å²) in [4.78, 5) is 34.4. The molecule has 2 aliphatic rings. The molecule has 1 saturated carbocycles. The molecular formula is C24H36N6O2S. The second kappa shape index (κ2) is 12.1. The number of carbonyl (C=O) groups excluding carboxylic acids is 2. The molecular weight excluding hydrogens is 436 g/mol. The van der Waals surface area contributed by atoms with Crippen molar-refractivity contribution < 1.29 is 9.59 Å². The van der Waals surface area contributed by atoms with E-state index in [4.69, 9.17) is 16.1 Å². The van der Waals surface area contributed by atoms with Gasteiger partial charge in [0.25, 0.3) is 5.91 Å². The van der Waals surface area contributed by atoms with Crippen LogP contribution in [0.4, 0.5) is 0 Å². The standard InChI is InChI=1S/C24H36N6O2S/c1-15(2)17-8-9-18-20(12-17)33-22(30-18)11-10-21(31)29-19(16-6-4-3-5-7-16)13-27-24(32)23(26)28-14-25/h12,14-16,19H,3-11,13H2,1-2H3,(H,27,32)(H,29,31)(H3,25,26,28). The lowest BCUT2D eigenvalue weighted by Crippen LogP contribution is -2.50. The molecule has 0 aliphatic heterocycles. The Hall–Kier alpha value is -2.55. The highest BCUT2D eigenvalue weighted by atomic mass is 32.1. The van der Waals surface area contributed by atoms with Gasteiger partial charge in [-0.3, -0.25) is 15.0 Å². The van der Waals surface area contributed by atoms with Crippen LogP contribution in [-0.2, 0) is 22.4 Å². The van der Waals surface area contributed by atoms with E-state index in [9.17, 15) is 9.59 Å². The van der Waals surface area contributed by atoms with Crippen molar-refractivity contribution >= 4 is 41.4 Å². The van der Waals surface area contributed by atoms with Crippen LogP contribution >= 0.6 is 11.3 Å².